The first kappa shape index (κ1) is 12.5. The van der Waals surface area contributed by atoms with Crippen molar-refractivity contribution in [2.24, 2.45) is 0 Å². The van der Waals surface area contributed by atoms with Crippen molar-refractivity contribution in [2.45, 2.75) is 25.9 Å². The molecule has 1 unspecified atom stereocenters. The van der Waals surface area contributed by atoms with Crippen LogP contribution in [-0.2, 0) is 0 Å². The normalized spacial score (nSPS) is 12.1. The molecule has 88 valence electrons. The van der Waals surface area contributed by atoms with Crippen LogP contribution in [0, 0.1) is 0 Å². The van der Waals surface area contributed by atoms with Crippen LogP contribution >= 0.6 is 0 Å². The second kappa shape index (κ2) is 6.10. The fourth-order valence-electron chi connectivity index (χ4n) is 1.25. The van der Waals surface area contributed by atoms with Gasteiger partial charge < -0.3 is 9.84 Å². The largest absolute Gasteiger partial charge is 0.494 e. The van der Waals surface area contributed by atoms with E-state index in [0.717, 1.165) is 0 Å². The molecule has 3 nitrogen and oxygen atoms in total. The Labute approximate surface area is 93.9 Å². The lowest BCUT2D eigenvalue weighted by Gasteiger charge is -2.06. The van der Waals surface area contributed by atoms with Gasteiger partial charge in [0.05, 0.1) is 18.3 Å². The van der Waals surface area contributed by atoms with Gasteiger partial charge in [0.25, 0.3) is 0 Å². The Bertz CT molecular complexity index is 333. The molecule has 0 radical (unpaired) electrons. The number of hydrogen-bond donors (Lipinski definition) is 1. The molecule has 0 aliphatic rings. The molecule has 1 aromatic carbocycles. The molecule has 0 heterocycles. The van der Waals surface area contributed by atoms with Crippen LogP contribution in [0.4, 0.5) is 4.39 Å². The van der Waals surface area contributed by atoms with Gasteiger partial charge in [-0.25, -0.2) is 9.18 Å². The molecule has 0 spiro atoms. The molecular weight excluding hydrogens is 211 g/mol. The minimum absolute atomic E-state index is 0.227. The van der Waals surface area contributed by atoms with E-state index >= 15 is 0 Å². The van der Waals surface area contributed by atoms with Crippen molar-refractivity contribution in [3.63, 3.8) is 0 Å². The fourth-order valence-corrected chi connectivity index (χ4v) is 1.25. The Morgan fingerprint density at radius 3 is 2.56 bits per heavy atom. The summed E-state index contributed by atoms with van der Waals surface area (Å²) in [5, 5.41) is 8.67. The van der Waals surface area contributed by atoms with Crippen molar-refractivity contribution >= 4 is 5.97 Å². The summed E-state index contributed by atoms with van der Waals surface area (Å²) in [6, 6.07) is 6.16. The van der Waals surface area contributed by atoms with Gasteiger partial charge in [0.2, 0.25) is 0 Å². The average Bonchev–Trinajstić information content (AvgIpc) is 2.25. The number of ether oxygens (including phenoxy) is 1. The first-order valence-electron chi connectivity index (χ1n) is 5.20. The molecule has 16 heavy (non-hydrogen) atoms. The quantitative estimate of drug-likeness (QED) is 0.758. The zero-order valence-electron chi connectivity index (χ0n) is 9.15. The summed E-state index contributed by atoms with van der Waals surface area (Å²) < 4.78 is 17.8. The van der Waals surface area contributed by atoms with Gasteiger partial charge in [-0.2, -0.15) is 0 Å². The SMILES string of the molecule is CC(F)CCCOc1ccc(C(=O)O)cc1. The molecule has 4 heteroatoms. The van der Waals surface area contributed by atoms with Gasteiger partial charge in [0, 0.05) is 0 Å². The van der Waals surface area contributed by atoms with Gasteiger partial charge in [-0.15, -0.1) is 0 Å². The number of aromatic carboxylic acids is 1. The maximum absolute atomic E-state index is 12.4. The van der Waals surface area contributed by atoms with Crippen molar-refractivity contribution in [3.05, 3.63) is 29.8 Å². The minimum Gasteiger partial charge on any atom is -0.494 e. The van der Waals surface area contributed by atoms with Crippen LogP contribution in [-0.4, -0.2) is 23.9 Å². The highest BCUT2D eigenvalue weighted by molar-refractivity contribution is 5.87. The lowest BCUT2D eigenvalue weighted by atomic mass is 10.2. The van der Waals surface area contributed by atoms with Crippen LogP contribution in [0.3, 0.4) is 0 Å². The number of alkyl halides is 1. The van der Waals surface area contributed by atoms with Crippen LogP contribution in [0.1, 0.15) is 30.1 Å². The molecule has 0 amide bonds. The fraction of sp³-hybridized carbons (Fsp3) is 0.417. The van der Waals surface area contributed by atoms with Crippen molar-refractivity contribution in [1.29, 1.82) is 0 Å². The van der Waals surface area contributed by atoms with Gasteiger partial charge in [-0.05, 0) is 44.0 Å². The first-order valence-corrected chi connectivity index (χ1v) is 5.20. The van der Waals surface area contributed by atoms with Crippen LogP contribution in [0.5, 0.6) is 5.75 Å². The lowest BCUT2D eigenvalue weighted by Crippen LogP contribution is -2.02. The summed E-state index contributed by atoms with van der Waals surface area (Å²) in [6.07, 6.45) is 0.323. The Hall–Kier alpha value is -1.58. The van der Waals surface area contributed by atoms with E-state index in [9.17, 15) is 9.18 Å². The van der Waals surface area contributed by atoms with Gasteiger partial charge in [-0.1, -0.05) is 0 Å². The summed E-state index contributed by atoms with van der Waals surface area (Å²) in [7, 11) is 0. The Kier molecular flexibility index (Phi) is 4.76. The monoisotopic (exact) mass is 226 g/mol. The van der Waals surface area contributed by atoms with E-state index in [1.165, 1.54) is 19.1 Å². The van der Waals surface area contributed by atoms with E-state index in [2.05, 4.69) is 0 Å². The smallest absolute Gasteiger partial charge is 0.335 e. The zero-order valence-corrected chi connectivity index (χ0v) is 9.15. The maximum Gasteiger partial charge on any atom is 0.335 e. The molecule has 0 aliphatic heterocycles. The second-order valence-corrected chi connectivity index (χ2v) is 3.60. The Morgan fingerprint density at radius 1 is 1.44 bits per heavy atom. The van der Waals surface area contributed by atoms with Crippen LogP contribution in [0.15, 0.2) is 24.3 Å². The van der Waals surface area contributed by atoms with Crippen molar-refractivity contribution in [3.8, 4) is 5.75 Å². The number of halogens is 1. The minimum atomic E-state index is -0.960. The highest BCUT2D eigenvalue weighted by Crippen LogP contribution is 2.13. The van der Waals surface area contributed by atoms with E-state index in [0.29, 0.717) is 25.2 Å². The molecule has 0 aliphatic carbocycles. The third-order valence-corrected chi connectivity index (χ3v) is 2.12. The molecular formula is C12H15FO3. The Morgan fingerprint density at radius 2 is 2.06 bits per heavy atom. The third kappa shape index (κ3) is 4.29. The van der Waals surface area contributed by atoms with Gasteiger partial charge in [0.15, 0.2) is 0 Å². The lowest BCUT2D eigenvalue weighted by molar-refractivity contribution is 0.0697. The number of carboxylic acids is 1. The molecule has 1 atom stereocenters. The topological polar surface area (TPSA) is 46.5 Å². The zero-order chi connectivity index (χ0) is 12.0. The Balaban J connectivity index is 2.35. The molecule has 1 aromatic rings. The number of carbonyl (C=O) groups is 1. The first-order chi connectivity index (χ1) is 7.59. The number of benzene rings is 1. The number of carboxylic acid groups (broad SMARTS) is 1. The summed E-state index contributed by atoms with van der Waals surface area (Å²) >= 11 is 0. The van der Waals surface area contributed by atoms with Crippen LogP contribution in [0.2, 0.25) is 0 Å². The summed E-state index contributed by atoms with van der Waals surface area (Å²) in [5.74, 6) is -0.352. The molecule has 0 saturated carbocycles. The second-order valence-electron chi connectivity index (χ2n) is 3.60. The average molecular weight is 226 g/mol. The standard InChI is InChI=1S/C12H15FO3/c1-9(13)3-2-8-16-11-6-4-10(5-7-11)12(14)15/h4-7,9H,2-3,8H2,1H3,(H,14,15). The molecule has 0 bridgehead atoms. The molecule has 1 N–H and O–H groups in total. The summed E-state index contributed by atoms with van der Waals surface area (Å²) in [4.78, 5) is 10.6. The highest BCUT2D eigenvalue weighted by atomic mass is 19.1. The number of hydrogen-bond acceptors (Lipinski definition) is 2. The summed E-state index contributed by atoms with van der Waals surface area (Å²) in [5.41, 5.74) is 0.227. The van der Waals surface area contributed by atoms with Crippen molar-refractivity contribution in [2.75, 3.05) is 6.61 Å². The van der Waals surface area contributed by atoms with E-state index in [1.807, 2.05) is 0 Å². The van der Waals surface area contributed by atoms with Gasteiger partial charge in [-0.3, -0.25) is 0 Å². The van der Waals surface area contributed by atoms with Crippen LogP contribution in [0.25, 0.3) is 0 Å². The number of rotatable bonds is 6. The molecule has 0 fully saturated rings. The maximum atomic E-state index is 12.4. The van der Waals surface area contributed by atoms with Crippen LogP contribution < -0.4 is 4.74 Å². The van der Waals surface area contributed by atoms with Gasteiger partial charge in [0.1, 0.15) is 5.75 Å². The van der Waals surface area contributed by atoms with E-state index in [4.69, 9.17) is 9.84 Å². The van der Waals surface area contributed by atoms with Crippen molar-refractivity contribution < 1.29 is 19.0 Å². The van der Waals surface area contributed by atoms with Crippen molar-refractivity contribution in [1.82, 2.24) is 0 Å². The third-order valence-electron chi connectivity index (χ3n) is 2.12. The molecule has 0 saturated heterocycles. The molecule has 1 rings (SSSR count). The van der Waals surface area contributed by atoms with E-state index in [1.54, 1.807) is 12.1 Å². The highest BCUT2D eigenvalue weighted by Gasteiger charge is 2.02. The summed E-state index contributed by atoms with van der Waals surface area (Å²) in [6.45, 7) is 1.96. The predicted molar refractivity (Wildman–Crippen MR) is 58.7 cm³/mol. The predicted octanol–water partition coefficient (Wildman–Crippen LogP) is 2.90. The van der Waals surface area contributed by atoms with Gasteiger partial charge >= 0.3 is 5.97 Å². The van der Waals surface area contributed by atoms with E-state index in [-0.39, 0.29) is 5.56 Å². The molecule has 0 aromatic heterocycles. The van der Waals surface area contributed by atoms with E-state index < -0.39 is 12.1 Å².